The maximum absolute atomic E-state index is 12.6. The third-order valence-corrected chi connectivity index (χ3v) is 5.62. The summed E-state index contributed by atoms with van der Waals surface area (Å²) in [5.41, 5.74) is 0.166. The molecule has 0 spiro atoms. The number of phenols is 1. The van der Waals surface area contributed by atoms with Crippen LogP contribution in [0.4, 0.5) is 0 Å². The van der Waals surface area contributed by atoms with Gasteiger partial charge in [0.1, 0.15) is 17.2 Å². The first-order chi connectivity index (χ1) is 16.0. The van der Waals surface area contributed by atoms with Crippen molar-refractivity contribution in [3.63, 3.8) is 0 Å². The number of carbonyl (C=O) groups excluding carboxylic acids is 2. The van der Waals surface area contributed by atoms with Crippen molar-refractivity contribution in [3.8, 4) is 17.2 Å². The van der Waals surface area contributed by atoms with Crippen molar-refractivity contribution in [1.82, 2.24) is 0 Å². The van der Waals surface area contributed by atoms with Crippen molar-refractivity contribution in [3.05, 3.63) is 52.0 Å². The Morgan fingerprint density at radius 3 is 2.21 bits per heavy atom. The van der Waals surface area contributed by atoms with Gasteiger partial charge in [-0.1, -0.05) is 38.8 Å². The van der Waals surface area contributed by atoms with Crippen molar-refractivity contribution >= 4 is 29.1 Å². The van der Waals surface area contributed by atoms with Gasteiger partial charge in [-0.25, -0.2) is 0 Å². The van der Waals surface area contributed by atoms with Gasteiger partial charge in [0.05, 0.1) is 30.2 Å². The number of aliphatic carboxylic acids is 1. The van der Waals surface area contributed by atoms with Crippen LogP contribution < -0.4 is 9.47 Å². The van der Waals surface area contributed by atoms with E-state index in [9.17, 15) is 19.5 Å². The van der Waals surface area contributed by atoms with Gasteiger partial charge in [-0.2, -0.15) is 0 Å². The van der Waals surface area contributed by atoms with Crippen LogP contribution in [0.2, 0.25) is 5.02 Å². The number of hydrogen-bond acceptors (Lipinski definition) is 6. The Morgan fingerprint density at radius 1 is 1.03 bits per heavy atom. The van der Waals surface area contributed by atoms with Gasteiger partial charge in [-0.15, -0.1) is 0 Å². The monoisotopic (exact) mass is 490 g/mol. The number of aromatic hydroxyl groups is 1. The topological polar surface area (TPSA) is 110 Å². The summed E-state index contributed by atoms with van der Waals surface area (Å²) in [5.74, 6) is -0.642. The van der Waals surface area contributed by atoms with Gasteiger partial charge in [-0.3, -0.25) is 14.4 Å². The number of phenolic OH excluding ortho intramolecular Hbond substituents is 1. The smallest absolute Gasteiger partial charge is 0.304 e. The molecule has 7 nitrogen and oxygen atoms in total. The predicted octanol–water partition coefficient (Wildman–Crippen LogP) is 5.73. The van der Waals surface area contributed by atoms with Gasteiger partial charge in [0.15, 0.2) is 11.6 Å². The normalized spacial score (nSPS) is 11.2. The van der Waals surface area contributed by atoms with Crippen LogP contribution in [0.5, 0.6) is 17.2 Å². The van der Waals surface area contributed by atoms with E-state index in [2.05, 4.69) is 0 Å². The van der Waals surface area contributed by atoms with Gasteiger partial charge in [0.25, 0.3) is 0 Å². The number of benzene rings is 2. The first kappa shape index (κ1) is 27.2. The van der Waals surface area contributed by atoms with E-state index in [4.69, 9.17) is 26.2 Å². The molecule has 0 unspecified atom stereocenters. The van der Waals surface area contributed by atoms with E-state index < -0.39 is 11.4 Å². The van der Waals surface area contributed by atoms with Crippen LogP contribution in [0.15, 0.2) is 30.3 Å². The lowest BCUT2D eigenvalue weighted by atomic mass is 9.81. The molecule has 0 aromatic heterocycles. The molecule has 184 valence electrons. The second-order valence-electron chi connectivity index (χ2n) is 8.72. The summed E-state index contributed by atoms with van der Waals surface area (Å²) in [6, 6.07) is 7.89. The van der Waals surface area contributed by atoms with Gasteiger partial charge in [0.2, 0.25) is 0 Å². The average molecular weight is 491 g/mol. The number of carboxylic acid groups (broad SMARTS) is 1. The molecule has 0 heterocycles. The van der Waals surface area contributed by atoms with E-state index in [-0.39, 0.29) is 34.3 Å². The molecular weight excluding hydrogens is 460 g/mol. The lowest BCUT2D eigenvalue weighted by Gasteiger charge is -2.21. The van der Waals surface area contributed by atoms with Crippen LogP contribution in [-0.4, -0.2) is 41.0 Å². The molecule has 0 aliphatic heterocycles. The van der Waals surface area contributed by atoms with E-state index >= 15 is 0 Å². The van der Waals surface area contributed by atoms with Gasteiger partial charge < -0.3 is 19.7 Å². The molecule has 0 aliphatic rings. The number of Topliss-reactive ketones (excluding diaryl/α,β-unsaturated/α-hetero) is 2. The lowest BCUT2D eigenvalue weighted by Crippen LogP contribution is -2.27. The van der Waals surface area contributed by atoms with E-state index in [1.165, 1.54) is 13.0 Å². The molecule has 34 heavy (non-hydrogen) atoms. The zero-order valence-corrected chi connectivity index (χ0v) is 20.7. The van der Waals surface area contributed by atoms with Crippen LogP contribution in [0.1, 0.15) is 73.2 Å². The molecule has 0 amide bonds. The predicted molar refractivity (Wildman–Crippen MR) is 130 cm³/mol. The summed E-state index contributed by atoms with van der Waals surface area (Å²) in [6.45, 7) is 7.19. The highest BCUT2D eigenvalue weighted by Crippen LogP contribution is 2.33. The summed E-state index contributed by atoms with van der Waals surface area (Å²) in [5, 5.41) is 19.7. The minimum absolute atomic E-state index is 0.0314. The minimum Gasteiger partial charge on any atom is -0.507 e. The van der Waals surface area contributed by atoms with Crippen LogP contribution in [-0.2, 0) is 11.2 Å². The summed E-state index contributed by atoms with van der Waals surface area (Å²) >= 11 is 6.27. The molecule has 0 aliphatic carbocycles. The SMILES string of the molecule is CCCc1c(OCCCOc2ccc(C(=O)C(C)(C)CC(=O)O)cc2Cl)ccc(C(C)=O)c1O. The molecule has 0 saturated carbocycles. The zero-order chi connectivity index (χ0) is 25.5. The Bertz CT molecular complexity index is 1060. The van der Waals surface area contributed by atoms with Crippen molar-refractivity contribution in [2.45, 2.75) is 53.4 Å². The highest BCUT2D eigenvalue weighted by atomic mass is 35.5. The second kappa shape index (κ2) is 11.9. The van der Waals surface area contributed by atoms with Crippen molar-refractivity contribution in [2.24, 2.45) is 5.41 Å². The second-order valence-corrected chi connectivity index (χ2v) is 9.13. The molecule has 0 radical (unpaired) electrons. The number of halogens is 1. The maximum Gasteiger partial charge on any atom is 0.304 e. The third kappa shape index (κ3) is 6.97. The highest BCUT2D eigenvalue weighted by Gasteiger charge is 2.31. The summed E-state index contributed by atoms with van der Waals surface area (Å²) in [4.78, 5) is 35.3. The van der Waals surface area contributed by atoms with Crippen LogP contribution in [0.3, 0.4) is 0 Å². The Balaban J connectivity index is 1.95. The fraction of sp³-hybridized carbons (Fsp3) is 0.423. The molecule has 2 aromatic rings. The van der Waals surface area contributed by atoms with E-state index in [0.29, 0.717) is 48.7 Å². The Kier molecular flexibility index (Phi) is 9.50. The number of carboxylic acids is 1. The highest BCUT2D eigenvalue weighted by molar-refractivity contribution is 6.32. The summed E-state index contributed by atoms with van der Waals surface area (Å²) in [7, 11) is 0. The van der Waals surface area contributed by atoms with Crippen LogP contribution >= 0.6 is 11.6 Å². The number of carbonyl (C=O) groups is 3. The van der Waals surface area contributed by atoms with E-state index in [1.807, 2.05) is 6.92 Å². The molecule has 2 rings (SSSR count). The summed E-state index contributed by atoms with van der Waals surface area (Å²) in [6.07, 6.45) is 1.63. The van der Waals surface area contributed by atoms with Crippen molar-refractivity contribution < 1.29 is 34.1 Å². The third-order valence-electron chi connectivity index (χ3n) is 5.32. The average Bonchev–Trinajstić information content (AvgIpc) is 2.75. The summed E-state index contributed by atoms with van der Waals surface area (Å²) < 4.78 is 11.5. The lowest BCUT2D eigenvalue weighted by molar-refractivity contribution is -0.138. The molecule has 2 aromatic carbocycles. The van der Waals surface area contributed by atoms with E-state index in [1.54, 1.807) is 38.1 Å². The van der Waals surface area contributed by atoms with Crippen molar-refractivity contribution in [1.29, 1.82) is 0 Å². The number of ketones is 2. The first-order valence-electron chi connectivity index (χ1n) is 11.2. The molecule has 8 heteroatoms. The number of hydrogen-bond donors (Lipinski definition) is 2. The molecule has 0 saturated heterocycles. The van der Waals surface area contributed by atoms with Gasteiger partial charge >= 0.3 is 5.97 Å². The number of rotatable bonds is 13. The fourth-order valence-corrected chi connectivity index (χ4v) is 3.80. The fourth-order valence-electron chi connectivity index (χ4n) is 3.56. The van der Waals surface area contributed by atoms with Gasteiger partial charge in [0, 0.05) is 23.0 Å². The van der Waals surface area contributed by atoms with Crippen molar-refractivity contribution in [2.75, 3.05) is 13.2 Å². The van der Waals surface area contributed by atoms with Gasteiger partial charge in [-0.05, 0) is 43.7 Å². The minimum atomic E-state index is -1.05. The Morgan fingerprint density at radius 2 is 1.65 bits per heavy atom. The molecule has 2 N–H and O–H groups in total. The number of ether oxygens (including phenoxy) is 2. The largest absolute Gasteiger partial charge is 0.507 e. The standard InChI is InChI=1S/C26H31ClO7/c1-5-7-19-21(11-9-18(16(2)28)24(19)31)33-12-6-13-34-22-10-8-17(14-20(22)27)25(32)26(3,4)15-23(29)30/h8-11,14,31H,5-7,12-13,15H2,1-4H3,(H,29,30). The molecule has 0 bridgehead atoms. The van der Waals surface area contributed by atoms with Crippen LogP contribution in [0, 0.1) is 5.41 Å². The molecule has 0 fully saturated rings. The molecular formula is C26H31ClO7. The Hall–Kier alpha value is -3.06. The quantitative estimate of drug-likeness (QED) is 0.272. The first-order valence-corrected chi connectivity index (χ1v) is 11.5. The van der Waals surface area contributed by atoms with Crippen LogP contribution in [0.25, 0.3) is 0 Å². The van der Waals surface area contributed by atoms with E-state index in [0.717, 1.165) is 6.42 Å². The zero-order valence-electron chi connectivity index (χ0n) is 19.9. The Labute approximate surface area is 204 Å². The molecule has 0 atom stereocenters. The maximum atomic E-state index is 12.6.